The van der Waals surface area contributed by atoms with Gasteiger partial charge in [0.15, 0.2) is 4.80 Å². The van der Waals surface area contributed by atoms with Crippen LogP contribution in [0, 0.1) is 0 Å². The molecule has 0 fully saturated rings. The molecular formula is C30H26N2O7S. The number of hydrogen-bond acceptors (Lipinski definition) is 8. The molecule has 1 N–H and O–H groups in total. The first-order valence-corrected chi connectivity index (χ1v) is 13.5. The van der Waals surface area contributed by atoms with Gasteiger partial charge in [-0.15, -0.1) is 0 Å². The van der Waals surface area contributed by atoms with Crippen molar-refractivity contribution in [3.8, 4) is 17.1 Å². The fourth-order valence-electron chi connectivity index (χ4n) is 4.67. The molecule has 4 aromatic rings. The first-order valence-electron chi connectivity index (χ1n) is 12.7. The van der Waals surface area contributed by atoms with Crippen LogP contribution in [0.25, 0.3) is 17.4 Å². The lowest BCUT2D eigenvalue weighted by atomic mass is 9.95. The molecule has 1 aliphatic rings. The zero-order valence-electron chi connectivity index (χ0n) is 22.0. The van der Waals surface area contributed by atoms with Crippen LogP contribution < -0.4 is 19.6 Å². The van der Waals surface area contributed by atoms with Crippen molar-refractivity contribution in [3.05, 3.63) is 109 Å². The minimum atomic E-state index is -1.07. The van der Waals surface area contributed by atoms with Crippen LogP contribution >= 0.6 is 11.3 Å². The number of allylic oxidation sites excluding steroid dienone is 1. The van der Waals surface area contributed by atoms with Crippen molar-refractivity contribution in [3.63, 3.8) is 0 Å². The molecule has 0 radical (unpaired) electrons. The molecule has 1 unspecified atom stereocenters. The maximum atomic E-state index is 13.9. The van der Waals surface area contributed by atoms with Gasteiger partial charge in [0.1, 0.15) is 23.3 Å². The lowest BCUT2D eigenvalue weighted by Crippen LogP contribution is -2.40. The second-order valence-corrected chi connectivity index (χ2v) is 9.83. The minimum Gasteiger partial charge on any atom is -0.494 e. The maximum Gasteiger partial charge on any atom is 0.338 e. The van der Waals surface area contributed by atoms with Gasteiger partial charge in [0, 0.05) is 17.2 Å². The van der Waals surface area contributed by atoms with Gasteiger partial charge >= 0.3 is 11.9 Å². The summed E-state index contributed by atoms with van der Waals surface area (Å²) in [7, 11) is 0. The van der Waals surface area contributed by atoms with E-state index in [1.165, 1.54) is 22.0 Å². The molecule has 0 saturated heterocycles. The molecule has 5 rings (SSSR count). The van der Waals surface area contributed by atoms with Crippen LogP contribution in [0.5, 0.6) is 5.75 Å². The van der Waals surface area contributed by atoms with Crippen LogP contribution in [0.1, 0.15) is 48.5 Å². The number of furan rings is 1. The average molecular weight is 559 g/mol. The Balaban J connectivity index is 1.66. The van der Waals surface area contributed by atoms with Gasteiger partial charge in [-0.3, -0.25) is 9.36 Å². The number of rotatable bonds is 8. The highest BCUT2D eigenvalue weighted by Gasteiger charge is 2.35. The highest BCUT2D eigenvalue weighted by Crippen LogP contribution is 2.36. The quantitative estimate of drug-likeness (QED) is 0.323. The number of aromatic carboxylic acids is 1. The number of carboxylic acid groups (broad SMARTS) is 1. The molecule has 0 spiro atoms. The molecule has 0 bridgehead atoms. The van der Waals surface area contributed by atoms with Gasteiger partial charge in [-0.1, -0.05) is 47.7 Å². The number of nitrogens with zero attached hydrogens (tertiary/aromatic N) is 2. The Morgan fingerprint density at radius 3 is 2.58 bits per heavy atom. The molecule has 1 atom stereocenters. The number of esters is 1. The highest BCUT2D eigenvalue weighted by molar-refractivity contribution is 7.07. The molecule has 1 aliphatic heterocycles. The minimum absolute atomic E-state index is 0.109. The topological polar surface area (TPSA) is 120 Å². The SMILES string of the molecule is CCOC(=O)C1=C(C)N=c2sc(=Cc3ccc(-c4ccccc4C(=O)O)o3)c(=O)n2C1c1ccccc1OCC. The Hall–Kier alpha value is -4.70. The van der Waals surface area contributed by atoms with E-state index in [-0.39, 0.29) is 23.3 Å². The second kappa shape index (κ2) is 11.2. The van der Waals surface area contributed by atoms with Crippen LogP contribution in [0.2, 0.25) is 0 Å². The Morgan fingerprint density at radius 1 is 1.07 bits per heavy atom. The van der Waals surface area contributed by atoms with E-state index in [9.17, 15) is 19.5 Å². The Morgan fingerprint density at radius 2 is 1.82 bits per heavy atom. The summed E-state index contributed by atoms with van der Waals surface area (Å²) in [5, 5.41) is 9.54. The van der Waals surface area contributed by atoms with Gasteiger partial charge in [0.05, 0.1) is 34.6 Å². The van der Waals surface area contributed by atoms with Crippen molar-refractivity contribution < 1.29 is 28.6 Å². The summed E-state index contributed by atoms with van der Waals surface area (Å²) < 4.78 is 19.0. The van der Waals surface area contributed by atoms with E-state index in [1.807, 2.05) is 25.1 Å². The number of para-hydroxylation sites is 1. The van der Waals surface area contributed by atoms with Crippen LogP contribution in [-0.2, 0) is 9.53 Å². The fourth-order valence-corrected chi connectivity index (χ4v) is 5.69. The van der Waals surface area contributed by atoms with E-state index in [0.717, 1.165) is 0 Å². The summed E-state index contributed by atoms with van der Waals surface area (Å²) in [6.07, 6.45) is 1.59. The normalized spacial score (nSPS) is 15.0. The number of fused-ring (bicyclic) bond motifs is 1. The fraction of sp³-hybridized carbons (Fsp3) is 0.200. The molecule has 10 heteroatoms. The van der Waals surface area contributed by atoms with Crippen LogP contribution in [0.3, 0.4) is 0 Å². The van der Waals surface area contributed by atoms with E-state index in [0.29, 0.717) is 50.0 Å². The third kappa shape index (κ3) is 4.89. The predicted octanol–water partition coefficient (Wildman–Crippen LogP) is 4.16. The number of ether oxygens (including phenoxy) is 2. The molecule has 0 saturated carbocycles. The summed E-state index contributed by atoms with van der Waals surface area (Å²) in [5.74, 6) is -0.341. The Bertz CT molecular complexity index is 1830. The lowest BCUT2D eigenvalue weighted by Gasteiger charge is -2.26. The highest BCUT2D eigenvalue weighted by atomic mass is 32.1. The molecule has 9 nitrogen and oxygen atoms in total. The van der Waals surface area contributed by atoms with Crippen molar-refractivity contribution in [2.45, 2.75) is 26.8 Å². The number of carbonyl (C=O) groups is 2. The Labute approximate surface area is 232 Å². The number of carboxylic acids is 1. The molecular weight excluding hydrogens is 532 g/mol. The molecule has 0 amide bonds. The zero-order chi connectivity index (χ0) is 28.4. The van der Waals surface area contributed by atoms with E-state index >= 15 is 0 Å². The average Bonchev–Trinajstić information content (AvgIpc) is 3.53. The van der Waals surface area contributed by atoms with Gasteiger partial charge in [0.25, 0.3) is 5.56 Å². The molecule has 3 heterocycles. The first kappa shape index (κ1) is 26.9. The predicted molar refractivity (Wildman–Crippen MR) is 149 cm³/mol. The molecule has 2 aromatic carbocycles. The van der Waals surface area contributed by atoms with E-state index in [1.54, 1.807) is 56.3 Å². The van der Waals surface area contributed by atoms with E-state index in [4.69, 9.17) is 13.9 Å². The van der Waals surface area contributed by atoms with Gasteiger partial charge in [-0.2, -0.15) is 0 Å². The summed E-state index contributed by atoms with van der Waals surface area (Å²) in [6.45, 7) is 5.88. The second-order valence-electron chi connectivity index (χ2n) is 8.83. The first-order chi connectivity index (χ1) is 19.3. The lowest BCUT2D eigenvalue weighted by molar-refractivity contribution is -0.139. The van der Waals surface area contributed by atoms with Crippen molar-refractivity contribution >= 4 is 29.4 Å². The number of carbonyl (C=O) groups excluding carboxylic acids is 1. The molecule has 0 aliphatic carbocycles. The molecule has 2 aromatic heterocycles. The van der Waals surface area contributed by atoms with Crippen molar-refractivity contribution in [1.29, 1.82) is 0 Å². The monoisotopic (exact) mass is 558 g/mol. The zero-order valence-corrected chi connectivity index (χ0v) is 22.9. The summed E-state index contributed by atoms with van der Waals surface area (Å²) in [4.78, 5) is 43.7. The third-order valence-electron chi connectivity index (χ3n) is 6.35. The molecule has 204 valence electrons. The Kier molecular flexibility index (Phi) is 7.52. The van der Waals surface area contributed by atoms with Crippen LogP contribution in [0.15, 0.2) is 86.1 Å². The van der Waals surface area contributed by atoms with Gasteiger partial charge in [-0.05, 0) is 45.0 Å². The van der Waals surface area contributed by atoms with Crippen molar-refractivity contribution in [1.82, 2.24) is 4.57 Å². The molecule has 40 heavy (non-hydrogen) atoms. The van der Waals surface area contributed by atoms with Gasteiger partial charge < -0.3 is 19.0 Å². The van der Waals surface area contributed by atoms with Gasteiger partial charge in [0.2, 0.25) is 0 Å². The van der Waals surface area contributed by atoms with Gasteiger partial charge in [-0.25, -0.2) is 14.6 Å². The smallest absolute Gasteiger partial charge is 0.338 e. The van der Waals surface area contributed by atoms with Crippen LogP contribution in [-0.4, -0.2) is 34.8 Å². The number of aromatic nitrogens is 1. The summed E-state index contributed by atoms with van der Waals surface area (Å²) in [5.41, 5.74) is 1.53. The van der Waals surface area contributed by atoms with E-state index in [2.05, 4.69) is 4.99 Å². The standard InChI is InChI=1S/C30H26N2O7S/c1-4-37-22-13-9-8-12-21(22)26-25(29(36)38-5-2)17(3)31-30-32(26)27(33)24(40-30)16-18-14-15-23(39-18)19-10-6-7-11-20(19)28(34)35/h6-16,26H,4-5H2,1-3H3,(H,34,35). The summed E-state index contributed by atoms with van der Waals surface area (Å²) >= 11 is 1.17. The van der Waals surface area contributed by atoms with E-state index < -0.39 is 18.0 Å². The third-order valence-corrected chi connectivity index (χ3v) is 7.34. The van der Waals surface area contributed by atoms with Crippen LogP contribution in [0.4, 0.5) is 0 Å². The number of hydrogen-bond donors (Lipinski definition) is 1. The number of benzene rings is 2. The largest absolute Gasteiger partial charge is 0.494 e. The van der Waals surface area contributed by atoms with Crippen molar-refractivity contribution in [2.75, 3.05) is 13.2 Å². The maximum absolute atomic E-state index is 13.9. The summed E-state index contributed by atoms with van der Waals surface area (Å²) in [6, 6.07) is 16.3. The van der Waals surface area contributed by atoms with Crippen molar-refractivity contribution in [2.24, 2.45) is 4.99 Å². The number of thiazole rings is 1.